The number of anilines is 4. The number of carbonyl (C=O) groups excluding carboxylic acids is 6. The number of ketones is 2. The number of benzene rings is 5. The van der Waals surface area contributed by atoms with E-state index in [1.165, 1.54) is 60.7 Å². The van der Waals surface area contributed by atoms with Gasteiger partial charge in [0.05, 0.1) is 52.9 Å². The van der Waals surface area contributed by atoms with E-state index in [0.29, 0.717) is 35.3 Å². The first-order valence-corrected chi connectivity index (χ1v) is 22.3. The predicted octanol–water partition coefficient (Wildman–Crippen LogP) is 13.9. The van der Waals surface area contributed by atoms with Crippen molar-refractivity contribution in [1.29, 1.82) is 0 Å². The van der Waals surface area contributed by atoms with Crippen molar-refractivity contribution in [2.45, 2.75) is 52.6 Å². The number of aryl methyl sites for hydroxylation is 2. The maximum atomic E-state index is 13.6. The van der Waals surface area contributed by atoms with E-state index < -0.39 is 47.3 Å². The summed E-state index contributed by atoms with van der Waals surface area (Å²) in [5.41, 5.74) is 2.04. The Kier molecular flexibility index (Phi) is 18.1. The van der Waals surface area contributed by atoms with Gasteiger partial charge in [0.15, 0.2) is 11.6 Å². The number of azo groups is 2. The molecule has 342 valence electrons. The molecule has 2 unspecified atom stereocenters. The number of rotatable bonds is 16. The Morgan fingerprint density at radius 3 is 1.17 bits per heavy atom. The Hall–Kier alpha value is -5.16. The average molecular weight is 1050 g/mol. The lowest BCUT2D eigenvalue weighted by Crippen LogP contribution is -2.33. The zero-order valence-electron chi connectivity index (χ0n) is 34.8. The highest BCUT2D eigenvalue weighted by Crippen LogP contribution is 2.38. The summed E-state index contributed by atoms with van der Waals surface area (Å²) < 4.78 is 0. The number of halogens is 8. The van der Waals surface area contributed by atoms with E-state index in [9.17, 15) is 28.8 Å². The van der Waals surface area contributed by atoms with Crippen LogP contribution in [0.1, 0.15) is 59.5 Å². The second kappa shape index (κ2) is 23.0. The van der Waals surface area contributed by atoms with E-state index >= 15 is 0 Å². The highest BCUT2D eigenvalue weighted by atomic mass is 35.5. The predicted molar refractivity (Wildman–Crippen MR) is 262 cm³/mol. The zero-order chi connectivity index (χ0) is 48.6. The topological polar surface area (TPSA) is 200 Å². The van der Waals surface area contributed by atoms with E-state index in [1.807, 2.05) is 0 Å². The lowest BCUT2D eigenvalue weighted by Gasteiger charge is -2.18. The van der Waals surface area contributed by atoms with Crippen LogP contribution in [0.4, 0.5) is 34.1 Å². The van der Waals surface area contributed by atoms with Crippen LogP contribution in [0.25, 0.3) is 0 Å². The number of nitrogens with one attached hydrogen (secondary N) is 4. The summed E-state index contributed by atoms with van der Waals surface area (Å²) in [5.74, 6) is -4.25. The number of amides is 4. The summed E-state index contributed by atoms with van der Waals surface area (Å²) in [5, 5.41) is 27.6. The number of carbonyl (C=O) groups is 6. The zero-order valence-corrected chi connectivity index (χ0v) is 40.8. The van der Waals surface area contributed by atoms with E-state index in [0.717, 1.165) is 13.8 Å². The van der Waals surface area contributed by atoms with Crippen molar-refractivity contribution in [3.8, 4) is 0 Å². The third-order valence-corrected chi connectivity index (χ3v) is 12.0. The number of Topliss-reactive ketones (excluding diaryl/α,β-unsaturated/α-hetero) is 2. The van der Waals surface area contributed by atoms with Gasteiger partial charge in [0.1, 0.15) is 0 Å². The summed E-state index contributed by atoms with van der Waals surface area (Å²) >= 11 is 49.6. The molecule has 5 rings (SSSR count). The van der Waals surface area contributed by atoms with E-state index in [2.05, 4.69) is 41.7 Å². The average Bonchev–Trinajstić information content (AvgIpc) is 3.26. The summed E-state index contributed by atoms with van der Waals surface area (Å²) in [7, 11) is 0. The first-order chi connectivity index (χ1) is 31.2. The molecule has 0 heterocycles. The maximum absolute atomic E-state index is 13.6. The van der Waals surface area contributed by atoms with Gasteiger partial charge in [0.25, 0.3) is 23.6 Å². The largest absolute Gasteiger partial charge is 0.323 e. The van der Waals surface area contributed by atoms with Crippen LogP contribution < -0.4 is 21.3 Å². The minimum absolute atomic E-state index is 0.0250. The van der Waals surface area contributed by atoms with Gasteiger partial charge < -0.3 is 21.3 Å². The van der Waals surface area contributed by atoms with Gasteiger partial charge >= 0.3 is 0 Å². The third kappa shape index (κ3) is 13.0. The number of hydrogen-bond acceptors (Lipinski definition) is 10. The van der Waals surface area contributed by atoms with Crippen LogP contribution in [-0.2, 0) is 32.0 Å². The molecule has 5 aromatic carbocycles. The van der Waals surface area contributed by atoms with Gasteiger partial charge in [-0.05, 0) is 111 Å². The minimum atomic E-state index is -1.62. The van der Waals surface area contributed by atoms with E-state index in [1.54, 1.807) is 26.0 Å². The molecule has 0 aliphatic rings. The lowest BCUT2D eigenvalue weighted by atomic mass is 10.0. The van der Waals surface area contributed by atoms with Crippen molar-refractivity contribution >= 4 is 162 Å². The molecule has 0 fully saturated rings. The van der Waals surface area contributed by atoms with Gasteiger partial charge in [-0.1, -0.05) is 107 Å². The molecule has 2 atom stereocenters. The molecular formula is C44H34Cl8N8O6. The van der Waals surface area contributed by atoms with Crippen molar-refractivity contribution in [1.82, 2.24) is 0 Å². The van der Waals surface area contributed by atoms with Gasteiger partial charge in [-0.25, -0.2) is 0 Å². The second-order valence-electron chi connectivity index (χ2n) is 14.1. The Balaban J connectivity index is 1.32. The van der Waals surface area contributed by atoms with E-state index in [4.69, 9.17) is 92.8 Å². The van der Waals surface area contributed by atoms with Crippen molar-refractivity contribution in [2.24, 2.45) is 20.5 Å². The van der Waals surface area contributed by atoms with Gasteiger partial charge in [-0.15, -0.1) is 0 Å². The molecule has 0 aliphatic carbocycles. The van der Waals surface area contributed by atoms with Crippen molar-refractivity contribution in [2.75, 3.05) is 21.3 Å². The summed E-state index contributed by atoms with van der Waals surface area (Å²) in [4.78, 5) is 79.0. The molecular weight excluding hydrogens is 1020 g/mol. The van der Waals surface area contributed by atoms with Crippen LogP contribution in [0, 0.1) is 0 Å². The monoisotopic (exact) mass is 1050 g/mol. The molecule has 0 saturated carbocycles. The minimum Gasteiger partial charge on any atom is -0.323 e. The third-order valence-electron chi connectivity index (χ3n) is 9.31. The Morgan fingerprint density at radius 1 is 0.485 bits per heavy atom. The SMILES string of the molecule is CCc1cc(NC(=O)C(N=Nc2cc(Cl)cc(C(=O)Nc3c(Cl)ccc(Cl)c3Cl)c2)C(C)=O)c(CC)cc1NC(=O)C(N=Nc1cc(Cl)cc(C(=O)Nc2c(Cl)ccc(Cl)c2Cl)c1)C(C)=O. The second-order valence-corrected chi connectivity index (χ2v) is 17.3. The fourth-order valence-corrected chi connectivity index (χ4v) is 7.68. The highest BCUT2D eigenvalue weighted by Gasteiger charge is 2.27. The molecule has 14 nitrogen and oxygen atoms in total. The molecule has 5 aromatic rings. The van der Waals surface area contributed by atoms with Crippen LogP contribution in [-0.4, -0.2) is 47.3 Å². The van der Waals surface area contributed by atoms with Gasteiger partial charge in [0, 0.05) is 32.5 Å². The smallest absolute Gasteiger partial charge is 0.258 e. The molecule has 0 saturated heterocycles. The van der Waals surface area contributed by atoms with Crippen LogP contribution in [0.3, 0.4) is 0 Å². The standard InChI is InChI=1S/C44H34Cl8N8O6/c1-5-21-15-34(54-44(66)38(20(4)62)60-58-28-14-24(12-26(46)18-28)42(64)56-40-32(50)10-8-30(48)36(40)52)22(6-2)16-33(21)53-43(65)37(19(3)61)59-57-27-13-23(11-25(45)17-27)41(63)55-39-31(49)9-7-29(47)35(39)51/h7-18,37-38H,5-6H2,1-4H3,(H,53,65)(H,54,66)(H,55,63)(H,56,64). The first kappa shape index (κ1) is 51.8. The molecule has 0 bridgehead atoms. The molecule has 0 radical (unpaired) electrons. The van der Waals surface area contributed by atoms with E-state index in [-0.39, 0.29) is 74.1 Å². The first-order valence-electron chi connectivity index (χ1n) is 19.3. The Morgan fingerprint density at radius 2 is 0.833 bits per heavy atom. The summed E-state index contributed by atoms with van der Waals surface area (Å²) in [6.45, 7) is 5.93. The molecule has 4 amide bonds. The molecule has 66 heavy (non-hydrogen) atoms. The normalized spacial score (nSPS) is 12.2. The molecule has 0 aromatic heterocycles. The summed E-state index contributed by atoms with van der Waals surface area (Å²) in [6, 6.07) is 14.0. The van der Waals surface area contributed by atoms with Crippen molar-refractivity contribution < 1.29 is 28.8 Å². The van der Waals surface area contributed by atoms with Gasteiger partial charge in [-0.3, -0.25) is 28.8 Å². The fraction of sp³-hybridized carbons (Fsp3) is 0.182. The number of hydrogen-bond donors (Lipinski definition) is 4. The van der Waals surface area contributed by atoms with Gasteiger partial charge in [0.2, 0.25) is 12.1 Å². The molecule has 22 heteroatoms. The van der Waals surface area contributed by atoms with Crippen LogP contribution in [0.2, 0.25) is 40.2 Å². The van der Waals surface area contributed by atoms with Gasteiger partial charge in [-0.2, -0.15) is 20.5 Å². The number of nitrogens with zero attached hydrogens (tertiary/aromatic N) is 4. The quantitative estimate of drug-likeness (QED) is 0.0430. The Bertz CT molecular complexity index is 2670. The maximum Gasteiger partial charge on any atom is 0.258 e. The summed E-state index contributed by atoms with van der Waals surface area (Å²) in [6.07, 6.45) is 0.702. The Labute approximate surface area is 417 Å². The fourth-order valence-electron chi connectivity index (χ4n) is 5.98. The molecule has 4 N–H and O–H groups in total. The lowest BCUT2D eigenvalue weighted by molar-refractivity contribution is -0.127. The van der Waals surface area contributed by atoms with Crippen LogP contribution >= 0.6 is 92.8 Å². The molecule has 0 aliphatic heterocycles. The van der Waals surface area contributed by atoms with Crippen molar-refractivity contribution in [3.05, 3.63) is 135 Å². The van der Waals surface area contributed by atoms with Crippen molar-refractivity contribution in [3.63, 3.8) is 0 Å². The van der Waals surface area contributed by atoms with Crippen LogP contribution in [0.15, 0.2) is 93.3 Å². The highest BCUT2D eigenvalue weighted by molar-refractivity contribution is 6.47. The molecule has 0 spiro atoms. The van der Waals surface area contributed by atoms with Crippen LogP contribution in [0.5, 0.6) is 0 Å².